The Hall–Kier alpha value is -1.64. The molecule has 0 aliphatic heterocycles. The number of ketones is 1. The predicted octanol–water partition coefficient (Wildman–Crippen LogP) is 2.57. The third kappa shape index (κ3) is 2.30. The summed E-state index contributed by atoms with van der Waals surface area (Å²) >= 11 is 0. The Kier molecular flexibility index (Phi) is 3.80. The van der Waals surface area contributed by atoms with Crippen LogP contribution in [0.25, 0.3) is 10.9 Å². The first kappa shape index (κ1) is 12.8. The number of carbonyl (C=O) groups excluding carboxylic acids is 1. The van der Waals surface area contributed by atoms with E-state index in [1.54, 1.807) is 6.07 Å². The molecule has 0 atom stereocenters. The number of nitrogens with zero attached hydrogens (tertiary/aromatic N) is 1. The van der Waals surface area contributed by atoms with Crippen molar-refractivity contribution in [3.8, 4) is 0 Å². The third-order valence-electron chi connectivity index (χ3n) is 3.14. The van der Waals surface area contributed by atoms with E-state index in [4.69, 9.17) is 7.85 Å². The molecule has 0 aliphatic carbocycles. The van der Waals surface area contributed by atoms with E-state index in [2.05, 4.69) is 11.9 Å². The Balaban J connectivity index is 2.62. The highest BCUT2D eigenvalue weighted by molar-refractivity contribution is 6.31. The van der Waals surface area contributed by atoms with Crippen molar-refractivity contribution < 1.29 is 4.79 Å². The normalized spacial score (nSPS) is 10.8. The summed E-state index contributed by atoms with van der Waals surface area (Å²) in [6, 6.07) is 7.51. The maximum Gasteiger partial charge on any atom is 0.163 e. The van der Waals surface area contributed by atoms with Gasteiger partial charge in [0, 0.05) is 17.4 Å². The van der Waals surface area contributed by atoms with Crippen molar-refractivity contribution in [1.29, 1.82) is 0 Å². The Morgan fingerprint density at radius 3 is 2.67 bits per heavy atom. The lowest BCUT2D eigenvalue weighted by Gasteiger charge is -2.10. The molecule has 0 aliphatic rings. The SMILES string of the molecule is [B]c1ccc2c(CC)c(C(=O)CCC)ccc2n1. The number of rotatable bonds is 4. The van der Waals surface area contributed by atoms with Gasteiger partial charge in [0.05, 0.1) is 5.52 Å². The van der Waals surface area contributed by atoms with E-state index in [0.29, 0.717) is 12.0 Å². The van der Waals surface area contributed by atoms with Crippen LogP contribution >= 0.6 is 0 Å². The number of carbonyl (C=O) groups is 1. The highest BCUT2D eigenvalue weighted by Gasteiger charge is 2.12. The molecule has 90 valence electrons. The van der Waals surface area contributed by atoms with Crippen molar-refractivity contribution in [1.82, 2.24) is 4.98 Å². The lowest BCUT2D eigenvalue weighted by atomic mass is 9.93. The molecule has 0 bridgehead atoms. The number of aromatic nitrogens is 1. The molecule has 3 heteroatoms. The highest BCUT2D eigenvalue weighted by Crippen LogP contribution is 2.22. The van der Waals surface area contributed by atoms with E-state index in [-0.39, 0.29) is 5.78 Å². The summed E-state index contributed by atoms with van der Waals surface area (Å²) in [6.45, 7) is 4.08. The maximum absolute atomic E-state index is 12.1. The fourth-order valence-electron chi connectivity index (χ4n) is 2.28. The summed E-state index contributed by atoms with van der Waals surface area (Å²) in [5.41, 5.74) is 3.29. The van der Waals surface area contributed by atoms with Crippen molar-refractivity contribution in [2.45, 2.75) is 33.1 Å². The molecule has 0 saturated carbocycles. The van der Waals surface area contributed by atoms with Crippen LogP contribution in [-0.2, 0) is 6.42 Å². The number of hydrogen-bond donors (Lipinski definition) is 0. The van der Waals surface area contributed by atoms with Gasteiger partial charge in [-0.3, -0.25) is 9.78 Å². The van der Waals surface area contributed by atoms with Gasteiger partial charge in [-0.1, -0.05) is 26.0 Å². The van der Waals surface area contributed by atoms with Gasteiger partial charge < -0.3 is 0 Å². The average molecular weight is 237 g/mol. The van der Waals surface area contributed by atoms with Gasteiger partial charge in [0.2, 0.25) is 0 Å². The van der Waals surface area contributed by atoms with Crippen molar-refractivity contribution >= 4 is 30.1 Å². The lowest BCUT2D eigenvalue weighted by Crippen LogP contribution is -2.09. The molecule has 1 heterocycles. The van der Waals surface area contributed by atoms with Crippen LogP contribution in [0.15, 0.2) is 24.3 Å². The van der Waals surface area contributed by atoms with Crippen LogP contribution in [0.5, 0.6) is 0 Å². The van der Waals surface area contributed by atoms with Crippen LogP contribution in [0, 0.1) is 0 Å². The molecule has 0 N–H and O–H groups in total. The monoisotopic (exact) mass is 237 g/mol. The minimum atomic E-state index is 0.216. The summed E-state index contributed by atoms with van der Waals surface area (Å²) in [4.78, 5) is 16.4. The van der Waals surface area contributed by atoms with Crippen LogP contribution in [0.1, 0.15) is 42.6 Å². The molecule has 1 aromatic heterocycles. The van der Waals surface area contributed by atoms with Gasteiger partial charge in [-0.05, 0) is 36.1 Å². The van der Waals surface area contributed by atoms with Crippen molar-refractivity contribution in [2.24, 2.45) is 0 Å². The fourth-order valence-corrected chi connectivity index (χ4v) is 2.28. The minimum absolute atomic E-state index is 0.216. The second-order valence-corrected chi connectivity index (χ2v) is 4.42. The summed E-state index contributed by atoms with van der Waals surface area (Å²) in [5, 5.41) is 1.04. The molecular weight excluding hydrogens is 221 g/mol. The molecule has 2 aromatic rings. The first-order valence-electron chi connectivity index (χ1n) is 6.38. The molecule has 18 heavy (non-hydrogen) atoms. The molecule has 2 radical (unpaired) electrons. The molecule has 0 spiro atoms. The van der Waals surface area contributed by atoms with E-state index in [0.717, 1.165) is 34.9 Å². The quantitative estimate of drug-likeness (QED) is 0.604. The van der Waals surface area contributed by atoms with Gasteiger partial charge in [-0.25, -0.2) is 0 Å². The molecule has 0 unspecified atom stereocenters. The molecule has 2 rings (SSSR count). The second kappa shape index (κ2) is 5.34. The number of aryl methyl sites for hydroxylation is 1. The Labute approximate surface area is 109 Å². The summed E-state index contributed by atoms with van der Waals surface area (Å²) in [5.74, 6) is 0.216. The topological polar surface area (TPSA) is 30.0 Å². The van der Waals surface area contributed by atoms with Crippen LogP contribution in [0.2, 0.25) is 0 Å². The minimum Gasteiger partial charge on any atom is -0.294 e. The maximum atomic E-state index is 12.1. The zero-order chi connectivity index (χ0) is 13.1. The average Bonchev–Trinajstić information content (AvgIpc) is 2.37. The Bertz CT molecular complexity index is 592. The van der Waals surface area contributed by atoms with Gasteiger partial charge >= 0.3 is 0 Å². The number of hydrogen-bond acceptors (Lipinski definition) is 2. The van der Waals surface area contributed by atoms with Gasteiger partial charge in [-0.15, -0.1) is 0 Å². The van der Waals surface area contributed by atoms with E-state index in [9.17, 15) is 4.79 Å². The lowest BCUT2D eigenvalue weighted by molar-refractivity contribution is 0.0981. The summed E-state index contributed by atoms with van der Waals surface area (Å²) in [7, 11) is 5.68. The number of fused-ring (bicyclic) bond motifs is 1. The fraction of sp³-hybridized carbons (Fsp3) is 0.333. The molecule has 2 nitrogen and oxygen atoms in total. The molecular formula is C15H16BNO. The van der Waals surface area contributed by atoms with Crippen LogP contribution < -0.4 is 5.59 Å². The van der Waals surface area contributed by atoms with Gasteiger partial charge in [0.15, 0.2) is 5.78 Å². The largest absolute Gasteiger partial charge is 0.294 e. The zero-order valence-electron chi connectivity index (χ0n) is 10.9. The van der Waals surface area contributed by atoms with Crippen LogP contribution in [-0.4, -0.2) is 18.6 Å². The number of pyridine rings is 1. The van der Waals surface area contributed by atoms with Gasteiger partial charge in [0.25, 0.3) is 0 Å². The Morgan fingerprint density at radius 2 is 2.00 bits per heavy atom. The standard InChI is InChI=1S/C15H16BNO/c1-3-5-14(18)12-6-8-13-11(10(12)4-2)7-9-15(16)17-13/h6-9H,3-5H2,1-2H3. The van der Waals surface area contributed by atoms with E-state index in [1.165, 1.54) is 0 Å². The van der Waals surface area contributed by atoms with Crippen molar-refractivity contribution in [3.63, 3.8) is 0 Å². The van der Waals surface area contributed by atoms with Crippen LogP contribution in [0.3, 0.4) is 0 Å². The first-order chi connectivity index (χ1) is 8.67. The Morgan fingerprint density at radius 1 is 1.22 bits per heavy atom. The van der Waals surface area contributed by atoms with E-state index < -0.39 is 0 Å². The predicted molar refractivity (Wildman–Crippen MR) is 75.7 cm³/mol. The van der Waals surface area contributed by atoms with Gasteiger partial charge in [0.1, 0.15) is 7.85 Å². The number of benzene rings is 1. The molecule has 0 amide bonds. The molecule has 0 fully saturated rings. The van der Waals surface area contributed by atoms with Crippen molar-refractivity contribution in [3.05, 3.63) is 35.4 Å². The first-order valence-corrected chi connectivity index (χ1v) is 6.38. The second-order valence-electron chi connectivity index (χ2n) is 4.42. The molecule has 1 aromatic carbocycles. The number of Topliss-reactive ketones (excluding diaryl/α,β-unsaturated/α-hetero) is 1. The molecule has 0 saturated heterocycles. The zero-order valence-corrected chi connectivity index (χ0v) is 10.9. The van der Waals surface area contributed by atoms with E-state index in [1.807, 2.05) is 25.1 Å². The third-order valence-corrected chi connectivity index (χ3v) is 3.14. The van der Waals surface area contributed by atoms with Gasteiger partial charge in [-0.2, -0.15) is 0 Å². The highest BCUT2D eigenvalue weighted by atomic mass is 16.1. The van der Waals surface area contributed by atoms with Crippen LogP contribution in [0.4, 0.5) is 0 Å². The summed E-state index contributed by atoms with van der Waals surface area (Å²) in [6.07, 6.45) is 2.30. The summed E-state index contributed by atoms with van der Waals surface area (Å²) < 4.78 is 0. The van der Waals surface area contributed by atoms with Crippen molar-refractivity contribution in [2.75, 3.05) is 0 Å². The smallest absolute Gasteiger partial charge is 0.163 e. The van der Waals surface area contributed by atoms with E-state index >= 15 is 0 Å².